The lowest BCUT2D eigenvalue weighted by atomic mass is 10.0. The second-order valence-electron chi connectivity index (χ2n) is 25.8. The molecule has 0 heterocycles. The Morgan fingerprint density at radius 3 is 0.856 bits per heavy atom. The molecule has 0 saturated heterocycles. The number of hydrogen-bond donors (Lipinski definition) is 2. The van der Waals surface area contributed by atoms with E-state index < -0.39 is 32.5 Å². The maximum Gasteiger partial charge on any atom is 0.472 e. The van der Waals surface area contributed by atoms with Crippen LogP contribution in [0.2, 0.25) is 0 Å². The highest BCUT2D eigenvalue weighted by molar-refractivity contribution is 7.47. The summed E-state index contributed by atoms with van der Waals surface area (Å²) in [4.78, 5) is 35.4. The summed E-state index contributed by atoms with van der Waals surface area (Å²) in [7, 11) is -4.42. The highest BCUT2D eigenvalue weighted by Gasteiger charge is 2.26. The molecule has 2 atom stereocenters. The van der Waals surface area contributed by atoms with Crippen molar-refractivity contribution in [2.45, 2.75) is 341 Å². The molecular formula is C87H146NO8P. The molecule has 0 rings (SSSR count). The van der Waals surface area contributed by atoms with Crippen LogP contribution >= 0.6 is 7.82 Å². The molecular weight excluding hydrogens is 1220 g/mol. The Morgan fingerprint density at radius 2 is 0.567 bits per heavy atom. The molecule has 0 aromatic carbocycles. The van der Waals surface area contributed by atoms with E-state index in [0.717, 1.165) is 122 Å². The Kier molecular flexibility index (Phi) is 76.5. The van der Waals surface area contributed by atoms with Crippen LogP contribution in [0.4, 0.5) is 0 Å². The standard InChI is InChI=1S/C87H146NO8P/c1-3-5-7-9-11-13-15-17-19-21-23-25-27-29-31-33-35-37-39-41-42-44-45-47-49-51-53-55-57-59-61-63-65-67-69-71-73-75-77-79-86(89)93-83-85(84-95-97(91,92)94-82-81-88)96-87(90)80-78-76-74-72-70-68-66-64-62-60-58-56-54-52-50-48-46-43-40-38-36-34-32-30-28-26-24-22-20-18-16-14-12-10-8-6-4-2/h6,8,12,14-15,17-18,20-21,23-24,26-27,29-30,32,36,38,43,46,50,52,56,58,62,64,68,70,85H,3-5,7,9-11,13,16,19,22,25,28,31,33-35,37,39-42,44-45,47-49,51,53-55,57,59-61,63,65-67,69,71-84,88H2,1-2H3,(H,91,92)/b8-6-,14-12-,17-15-,20-18-,23-21-,26-24-,29-27-,32-30-,38-36-,46-43-,52-50-,58-56-,64-62-,70-68-. The molecule has 0 aliphatic rings. The van der Waals surface area contributed by atoms with Crippen LogP contribution in [0, 0.1) is 0 Å². The molecule has 0 saturated carbocycles. The fraction of sp³-hybridized carbons (Fsp3) is 0.655. The predicted octanol–water partition coefficient (Wildman–Crippen LogP) is 26.9. The number of nitrogens with two attached hydrogens (primary N) is 1. The number of allylic oxidation sites excluding steroid dienone is 28. The quantitative estimate of drug-likeness (QED) is 0.0264. The lowest BCUT2D eigenvalue weighted by Gasteiger charge is -2.19. The monoisotopic (exact) mass is 1360 g/mol. The fourth-order valence-electron chi connectivity index (χ4n) is 10.8. The first-order chi connectivity index (χ1) is 47.8. The summed E-state index contributed by atoms with van der Waals surface area (Å²) >= 11 is 0. The molecule has 9 nitrogen and oxygen atoms in total. The first kappa shape index (κ1) is 92.4. The summed E-state index contributed by atoms with van der Waals surface area (Å²) < 4.78 is 33.2. The Bertz CT molecular complexity index is 2210. The Balaban J connectivity index is 3.92. The van der Waals surface area contributed by atoms with E-state index in [0.29, 0.717) is 6.42 Å². The molecule has 0 spiro atoms. The van der Waals surface area contributed by atoms with Gasteiger partial charge in [0.05, 0.1) is 13.2 Å². The Morgan fingerprint density at radius 1 is 0.320 bits per heavy atom. The van der Waals surface area contributed by atoms with Crippen molar-refractivity contribution in [2.24, 2.45) is 5.73 Å². The molecule has 0 fully saturated rings. The van der Waals surface area contributed by atoms with E-state index in [1.54, 1.807) is 0 Å². The third kappa shape index (κ3) is 80.2. The van der Waals surface area contributed by atoms with Crippen molar-refractivity contribution in [2.75, 3.05) is 26.4 Å². The number of ether oxygens (including phenoxy) is 2. The number of rotatable bonds is 73. The fourth-order valence-corrected chi connectivity index (χ4v) is 11.5. The summed E-state index contributed by atoms with van der Waals surface area (Å²) in [5.41, 5.74) is 5.41. The molecule has 0 aromatic heterocycles. The average molecular weight is 1370 g/mol. The molecule has 0 aliphatic heterocycles. The van der Waals surface area contributed by atoms with Gasteiger partial charge in [0.2, 0.25) is 0 Å². The van der Waals surface area contributed by atoms with Gasteiger partial charge in [-0.3, -0.25) is 18.6 Å². The second kappa shape index (κ2) is 80.3. The normalized spacial score (nSPS) is 13.8. The van der Waals surface area contributed by atoms with Crippen LogP contribution in [0.15, 0.2) is 170 Å². The molecule has 0 amide bonds. The van der Waals surface area contributed by atoms with Crippen molar-refractivity contribution in [3.63, 3.8) is 0 Å². The van der Waals surface area contributed by atoms with Gasteiger partial charge in [-0.2, -0.15) is 0 Å². The molecule has 552 valence electrons. The van der Waals surface area contributed by atoms with Crippen LogP contribution in [-0.2, 0) is 32.7 Å². The van der Waals surface area contributed by atoms with Crippen LogP contribution in [0.25, 0.3) is 0 Å². The van der Waals surface area contributed by atoms with E-state index >= 15 is 0 Å². The minimum Gasteiger partial charge on any atom is -0.462 e. The van der Waals surface area contributed by atoms with E-state index in [-0.39, 0.29) is 32.6 Å². The van der Waals surface area contributed by atoms with Crippen molar-refractivity contribution in [1.82, 2.24) is 0 Å². The van der Waals surface area contributed by atoms with Crippen LogP contribution < -0.4 is 5.73 Å². The summed E-state index contributed by atoms with van der Waals surface area (Å²) in [5.74, 6) is -0.866. The summed E-state index contributed by atoms with van der Waals surface area (Å²) in [5, 5.41) is 0. The van der Waals surface area contributed by atoms with Crippen LogP contribution in [0.3, 0.4) is 0 Å². The number of unbranched alkanes of at least 4 members (excludes halogenated alkanes) is 32. The van der Waals surface area contributed by atoms with Crippen LogP contribution in [0.5, 0.6) is 0 Å². The van der Waals surface area contributed by atoms with Gasteiger partial charge in [0.25, 0.3) is 0 Å². The van der Waals surface area contributed by atoms with Gasteiger partial charge >= 0.3 is 19.8 Å². The average Bonchev–Trinajstić information content (AvgIpc) is 2.17. The number of esters is 2. The van der Waals surface area contributed by atoms with Gasteiger partial charge in [-0.1, -0.05) is 357 Å². The summed E-state index contributed by atoms with van der Waals surface area (Å²) in [6, 6.07) is 0. The Hall–Kier alpha value is -4.63. The van der Waals surface area contributed by atoms with Gasteiger partial charge < -0.3 is 20.1 Å². The molecule has 10 heteroatoms. The second-order valence-corrected chi connectivity index (χ2v) is 27.3. The number of phosphoric acid groups is 1. The third-order valence-electron chi connectivity index (χ3n) is 16.6. The van der Waals surface area contributed by atoms with Crippen molar-refractivity contribution >= 4 is 19.8 Å². The zero-order valence-corrected chi connectivity index (χ0v) is 63.2. The first-order valence-corrected chi connectivity index (χ1v) is 41.1. The Labute approximate surface area is 597 Å². The van der Waals surface area contributed by atoms with E-state index in [1.807, 2.05) is 0 Å². The highest BCUT2D eigenvalue weighted by Crippen LogP contribution is 2.43. The smallest absolute Gasteiger partial charge is 0.462 e. The van der Waals surface area contributed by atoms with Gasteiger partial charge in [0.15, 0.2) is 6.10 Å². The number of carbonyl (C=O) groups is 2. The SMILES string of the molecule is CC/C=C\C/C=C\C/C=C\C/C=C\C/C=C\C/C=C\C/C=C\C/C=C\C/C=C\C/C=C\C/C=C\CCCCCC(=O)OC(COC(=O)CCCCCCCCCCCCCCCCCCCCCCCCCC/C=C\C/C=C\C/C=C\CCCCCCC)COP(=O)(O)OCCN. The number of phosphoric ester groups is 1. The van der Waals surface area contributed by atoms with E-state index in [1.165, 1.54) is 180 Å². The molecule has 0 aliphatic carbocycles. The molecule has 3 N–H and O–H groups in total. The molecule has 2 unspecified atom stereocenters. The minimum atomic E-state index is -4.42. The first-order valence-electron chi connectivity index (χ1n) is 39.6. The topological polar surface area (TPSA) is 134 Å². The summed E-state index contributed by atoms with van der Waals surface area (Å²) in [6.07, 6.45) is 119. The van der Waals surface area contributed by atoms with Crippen molar-refractivity contribution in [1.29, 1.82) is 0 Å². The van der Waals surface area contributed by atoms with Crippen LogP contribution in [-0.4, -0.2) is 49.3 Å². The molecule has 0 aromatic rings. The number of hydrogen-bond acceptors (Lipinski definition) is 8. The van der Waals surface area contributed by atoms with Gasteiger partial charge in [0, 0.05) is 19.4 Å². The van der Waals surface area contributed by atoms with Crippen LogP contribution in [0.1, 0.15) is 335 Å². The lowest BCUT2D eigenvalue weighted by Crippen LogP contribution is -2.29. The van der Waals surface area contributed by atoms with Crippen molar-refractivity contribution < 1.29 is 37.6 Å². The largest absolute Gasteiger partial charge is 0.472 e. The summed E-state index contributed by atoms with van der Waals surface area (Å²) in [6.45, 7) is 3.59. The van der Waals surface area contributed by atoms with Gasteiger partial charge in [-0.25, -0.2) is 4.57 Å². The van der Waals surface area contributed by atoms with Crippen molar-refractivity contribution in [3.05, 3.63) is 170 Å². The molecule has 97 heavy (non-hydrogen) atoms. The zero-order valence-electron chi connectivity index (χ0n) is 62.3. The van der Waals surface area contributed by atoms with Gasteiger partial charge in [0.1, 0.15) is 6.61 Å². The van der Waals surface area contributed by atoms with E-state index in [9.17, 15) is 19.0 Å². The van der Waals surface area contributed by atoms with Gasteiger partial charge in [-0.15, -0.1) is 0 Å². The number of carbonyl (C=O) groups excluding carboxylic acids is 2. The lowest BCUT2D eigenvalue weighted by molar-refractivity contribution is -0.161. The minimum absolute atomic E-state index is 0.0405. The molecule has 0 bridgehead atoms. The van der Waals surface area contributed by atoms with Crippen molar-refractivity contribution in [3.8, 4) is 0 Å². The maximum absolute atomic E-state index is 12.8. The zero-order chi connectivity index (χ0) is 70.0. The van der Waals surface area contributed by atoms with E-state index in [2.05, 4.69) is 184 Å². The maximum atomic E-state index is 12.8. The predicted molar refractivity (Wildman–Crippen MR) is 422 cm³/mol. The van der Waals surface area contributed by atoms with E-state index in [4.69, 9.17) is 24.3 Å². The van der Waals surface area contributed by atoms with Gasteiger partial charge in [-0.05, 0) is 135 Å². The third-order valence-corrected chi connectivity index (χ3v) is 17.6. The highest BCUT2D eigenvalue weighted by atomic mass is 31.2. The molecule has 0 radical (unpaired) electrons.